The van der Waals surface area contributed by atoms with Crippen LogP contribution in [0.5, 0.6) is 17.2 Å². The number of phenols is 1. The van der Waals surface area contributed by atoms with Crippen LogP contribution in [0.3, 0.4) is 0 Å². The van der Waals surface area contributed by atoms with Gasteiger partial charge in [0.1, 0.15) is 22.8 Å². The maximum absolute atomic E-state index is 12.1. The topological polar surface area (TPSA) is 180 Å². The number of amides is 1. The van der Waals surface area contributed by atoms with Crippen LogP contribution in [0.25, 0.3) is 22.6 Å². The minimum absolute atomic E-state index is 0.0320. The number of nitro groups is 2. The van der Waals surface area contributed by atoms with E-state index < -0.39 is 40.0 Å². The number of alkyl halides is 6. The number of oxazole rings is 1. The van der Waals surface area contributed by atoms with Crippen molar-refractivity contribution in [2.45, 2.75) is 12.7 Å². The van der Waals surface area contributed by atoms with Crippen molar-refractivity contribution in [2.75, 3.05) is 5.32 Å². The molecule has 0 aliphatic carbocycles. The first-order valence-electron chi connectivity index (χ1n) is 12.5. The third kappa shape index (κ3) is 9.30. The molecule has 0 atom stereocenters. The molecular formula is C28H16F6N4O9. The summed E-state index contributed by atoms with van der Waals surface area (Å²) in [5, 5.41) is 33.2. The quantitative estimate of drug-likeness (QED) is 0.0754. The molecule has 1 aromatic heterocycles. The summed E-state index contributed by atoms with van der Waals surface area (Å²) < 4.78 is 85.3. The molecule has 4 aromatic carbocycles. The van der Waals surface area contributed by atoms with E-state index >= 15 is 0 Å². The number of carbonyl (C=O) groups is 1. The van der Waals surface area contributed by atoms with Gasteiger partial charge in [0.2, 0.25) is 5.89 Å². The monoisotopic (exact) mass is 666 g/mol. The molecule has 19 heteroatoms. The number of aromatic nitrogens is 1. The summed E-state index contributed by atoms with van der Waals surface area (Å²) in [6, 6.07) is 15.9. The fourth-order valence-electron chi connectivity index (χ4n) is 3.69. The van der Waals surface area contributed by atoms with Crippen molar-refractivity contribution in [3.63, 3.8) is 0 Å². The van der Waals surface area contributed by atoms with E-state index in [4.69, 9.17) is 4.42 Å². The van der Waals surface area contributed by atoms with Gasteiger partial charge < -0.3 is 24.3 Å². The lowest BCUT2D eigenvalue weighted by molar-refractivity contribution is -0.384. The van der Waals surface area contributed by atoms with Crippen LogP contribution >= 0.6 is 0 Å². The molecule has 5 aromatic rings. The fourth-order valence-corrected chi connectivity index (χ4v) is 3.69. The number of benzene rings is 4. The highest BCUT2D eigenvalue weighted by Gasteiger charge is 2.32. The average Bonchev–Trinajstić information content (AvgIpc) is 3.41. The summed E-state index contributed by atoms with van der Waals surface area (Å²) in [4.78, 5) is 36.2. The summed E-state index contributed by atoms with van der Waals surface area (Å²) in [6.07, 6.45) is -9.61. The first kappa shape index (κ1) is 33.5. The Morgan fingerprint density at radius 3 is 1.81 bits per heavy atom. The zero-order valence-corrected chi connectivity index (χ0v) is 22.9. The summed E-state index contributed by atoms with van der Waals surface area (Å²) in [7, 11) is 0. The van der Waals surface area contributed by atoms with Gasteiger partial charge in [0.15, 0.2) is 5.58 Å². The molecule has 1 heterocycles. The maximum Gasteiger partial charge on any atom is 0.573 e. The van der Waals surface area contributed by atoms with E-state index in [0.717, 1.165) is 54.6 Å². The predicted octanol–water partition coefficient (Wildman–Crippen LogP) is 7.75. The van der Waals surface area contributed by atoms with E-state index in [1.54, 1.807) is 0 Å². The van der Waals surface area contributed by atoms with Gasteiger partial charge in [-0.25, -0.2) is 4.98 Å². The number of hydrogen-bond donors (Lipinski definition) is 2. The normalized spacial score (nSPS) is 11.3. The minimum atomic E-state index is -4.85. The molecule has 0 aliphatic heterocycles. The first-order valence-corrected chi connectivity index (χ1v) is 12.5. The zero-order valence-electron chi connectivity index (χ0n) is 22.9. The summed E-state index contributed by atoms with van der Waals surface area (Å²) in [5.41, 5.74) is 0.313. The third-order valence-corrected chi connectivity index (χ3v) is 5.71. The number of nitrogens with one attached hydrogen (secondary N) is 1. The van der Waals surface area contributed by atoms with Crippen molar-refractivity contribution in [1.82, 2.24) is 4.98 Å². The van der Waals surface area contributed by atoms with E-state index in [0.29, 0.717) is 11.1 Å². The first-order chi connectivity index (χ1) is 22.0. The van der Waals surface area contributed by atoms with E-state index in [9.17, 15) is 56.5 Å². The molecule has 0 saturated carbocycles. The van der Waals surface area contributed by atoms with Gasteiger partial charge in [-0.3, -0.25) is 25.0 Å². The van der Waals surface area contributed by atoms with E-state index in [1.807, 2.05) is 0 Å². The second-order valence-electron chi connectivity index (χ2n) is 8.99. The summed E-state index contributed by atoms with van der Waals surface area (Å²) in [5.74, 6) is -1.90. The Labute approximate surface area is 256 Å². The zero-order chi connectivity index (χ0) is 34.5. The number of non-ortho nitro benzene ring substituents is 2. The molecule has 0 radical (unpaired) electrons. The van der Waals surface area contributed by atoms with Gasteiger partial charge in [-0.05, 0) is 60.7 Å². The van der Waals surface area contributed by atoms with Crippen molar-refractivity contribution in [2.24, 2.45) is 0 Å². The van der Waals surface area contributed by atoms with Crippen LogP contribution in [-0.2, 0) is 0 Å². The number of phenolic OH excluding ortho intramolecular Hbond substituents is 1. The van der Waals surface area contributed by atoms with Crippen molar-refractivity contribution in [1.29, 1.82) is 0 Å². The molecule has 0 bridgehead atoms. The van der Waals surface area contributed by atoms with Crippen LogP contribution in [0.1, 0.15) is 10.4 Å². The molecule has 47 heavy (non-hydrogen) atoms. The maximum atomic E-state index is 12.1. The van der Waals surface area contributed by atoms with Gasteiger partial charge in [0.05, 0.1) is 15.5 Å². The number of ether oxygens (including phenoxy) is 2. The molecule has 0 saturated heterocycles. The largest absolute Gasteiger partial charge is 0.573 e. The van der Waals surface area contributed by atoms with Gasteiger partial charge in [0, 0.05) is 35.4 Å². The Morgan fingerprint density at radius 2 is 1.28 bits per heavy atom. The number of halogens is 6. The molecule has 0 spiro atoms. The molecule has 13 nitrogen and oxygen atoms in total. The number of fused-ring (bicyclic) bond motifs is 1. The van der Waals surface area contributed by atoms with Crippen LogP contribution in [0.15, 0.2) is 89.3 Å². The van der Waals surface area contributed by atoms with Crippen molar-refractivity contribution >= 4 is 34.1 Å². The van der Waals surface area contributed by atoms with Gasteiger partial charge in [-0.1, -0.05) is 0 Å². The molecule has 0 aliphatic rings. The molecule has 0 fully saturated rings. The van der Waals surface area contributed by atoms with E-state index in [1.165, 1.54) is 30.3 Å². The number of anilines is 1. The van der Waals surface area contributed by atoms with Gasteiger partial charge >= 0.3 is 12.7 Å². The minimum Gasteiger partial charge on any atom is -0.506 e. The van der Waals surface area contributed by atoms with Crippen molar-refractivity contribution in [3.05, 3.63) is 111 Å². The van der Waals surface area contributed by atoms with Gasteiger partial charge in [0.25, 0.3) is 17.3 Å². The molecule has 244 valence electrons. The van der Waals surface area contributed by atoms with E-state index in [-0.39, 0.29) is 39.8 Å². The fraction of sp³-hybridized carbons (Fsp3) is 0.0714. The van der Waals surface area contributed by atoms with Crippen LogP contribution in [0.4, 0.5) is 43.4 Å². The Hall–Kier alpha value is -6.40. The van der Waals surface area contributed by atoms with Crippen LogP contribution < -0.4 is 14.8 Å². The second-order valence-corrected chi connectivity index (χ2v) is 8.99. The van der Waals surface area contributed by atoms with Crippen LogP contribution in [-0.4, -0.2) is 38.6 Å². The Bertz CT molecular complexity index is 1930. The highest BCUT2D eigenvalue weighted by Crippen LogP contribution is 2.31. The highest BCUT2D eigenvalue weighted by atomic mass is 19.4. The van der Waals surface area contributed by atoms with Crippen LogP contribution in [0, 0.1) is 20.2 Å². The van der Waals surface area contributed by atoms with Gasteiger partial charge in [-0.2, -0.15) is 0 Å². The Kier molecular flexibility index (Phi) is 9.48. The number of nitrogens with zero attached hydrogens (tertiary/aromatic N) is 3. The SMILES string of the molecule is O=C(Nc1cc([N+](=O)[O-])ccc1O)c1ccc(OC(F)(F)F)cc1.O=[N+]([O-])c1ccc2oc(-c3ccc(OC(F)(F)F)cc3)nc2c1. The highest BCUT2D eigenvalue weighted by molar-refractivity contribution is 6.05. The summed E-state index contributed by atoms with van der Waals surface area (Å²) >= 11 is 0. The molecule has 5 rings (SSSR count). The Morgan fingerprint density at radius 1 is 0.766 bits per heavy atom. The smallest absolute Gasteiger partial charge is 0.506 e. The molecule has 1 amide bonds. The standard InChI is InChI=1S/C14H9F3N2O5.C14H7F3N2O4/c15-14(16,17)24-10-4-1-8(2-5-10)13(21)18-11-7-9(19(22)23)3-6-12(11)20;15-14(16,17)23-10-4-1-8(2-5-10)13-18-11-7-9(19(20)21)3-6-12(11)22-13/h1-7,20H,(H,18,21);1-7H. The number of carbonyl (C=O) groups excluding carboxylic acids is 1. The predicted molar refractivity (Wildman–Crippen MR) is 149 cm³/mol. The summed E-state index contributed by atoms with van der Waals surface area (Å²) in [6.45, 7) is 0. The van der Waals surface area contributed by atoms with E-state index in [2.05, 4.69) is 19.8 Å². The van der Waals surface area contributed by atoms with Crippen molar-refractivity contribution in [3.8, 4) is 28.7 Å². The average molecular weight is 666 g/mol. The lowest BCUT2D eigenvalue weighted by atomic mass is 10.2. The van der Waals surface area contributed by atoms with Gasteiger partial charge in [-0.15, -0.1) is 26.3 Å². The second kappa shape index (κ2) is 13.3. The van der Waals surface area contributed by atoms with Crippen LogP contribution in [0.2, 0.25) is 0 Å². The lowest BCUT2D eigenvalue weighted by Crippen LogP contribution is -2.17. The number of aromatic hydroxyl groups is 1. The Balaban J connectivity index is 0.000000213. The molecule has 2 N–H and O–H groups in total. The van der Waals surface area contributed by atoms with Crippen molar-refractivity contribution < 1.29 is 60.0 Å². The third-order valence-electron chi connectivity index (χ3n) is 5.71. The number of rotatable bonds is 7. The molecule has 0 unspecified atom stereocenters. The number of hydrogen-bond acceptors (Lipinski definition) is 10. The molecular weight excluding hydrogens is 650 g/mol. The number of nitro benzene ring substituents is 2. The lowest BCUT2D eigenvalue weighted by Gasteiger charge is -2.10.